The summed E-state index contributed by atoms with van der Waals surface area (Å²) in [6.07, 6.45) is -1.11. The topological polar surface area (TPSA) is 106 Å². The maximum absolute atomic E-state index is 12.3. The summed E-state index contributed by atoms with van der Waals surface area (Å²) in [6, 6.07) is 13.3. The Morgan fingerprint density at radius 3 is 2.54 bits per heavy atom. The van der Waals surface area contributed by atoms with Crippen molar-refractivity contribution in [3.63, 3.8) is 0 Å². The number of aryl methyl sites for hydroxylation is 1. The molecule has 0 bridgehead atoms. The van der Waals surface area contributed by atoms with Gasteiger partial charge in [-0.25, -0.2) is 13.4 Å². The molecular formula is C20H20N2O5S. The van der Waals surface area contributed by atoms with E-state index in [1.54, 1.807) is 43.3 Å². The lowest BCUT2D eigenvalue weighted by Crippen LogP contribution is -2.19. The Balaban J connectivity index is 1.66. The monoisotopic (exact) mass is 400 g/mol. The van der Waals surface area contributed by atoms with E-state index in [1.165, 1.54) is 12.1 Å². The van der Waals surface area contributed by atoms with Crippen LogP contribution in [0.2, 0.25) is 0 Å². The van der Waals surface area contributed by atoms with Crippen LogP contribution in [0, 0.1) is 6.92 Å². The Morgan fingerprint density at radius 2 is 1.82 bits per heavy atom. The van der Waals surface area contributed by atoms with Gasteiger partial charge in [0.2, 0.25) is 0 Å². The third-order valence-electron chi connectivity index (χ3n) is 4.28. The quantitative estimate of drug-likeness (QED) is 0.638. The largest absolute Gasteiger partial charge is 0.454 e. The van der Waals surface area contributed by atoms with Crippen LogP contribution >= 0.6 is 0 Å². The Labute approximate surface area is 162 Å². The van der Waals surface area contributed by atoms with Gasteiger partial charge in [-0.1, -0.05) is 29.8 Å². The predicted octanol–water partition coefficient (Wildman–Crippen LogP) is 2.70. The number of ether oxygens (including phenoxy) is 1. The Kier molecular flexibility index (Phi) is 5.60. The van der Waals surface area contributed by atoms with E-state index in [0.717, 1.165) is 5.56 Å². The van der Waals surface area contributed by atoms with Crippen LogP contribution in [0.15, 0.2) is 58.2 Å². The first-order chi connectivity index (χ1) is 13.3. The summed E-state index contributed by atoms with van der Waals surface area (Å²) in [7, 11) is -3.58. The van der Waals surface area contributed by atoms with Crippen LogP contribution < -0.4 is 5.56 Å². The van der Waals surface area contributed by atoms with Crippen molar-refractivity contribution in [2.75, 3.05) is 5.75 Å². The second kappa shape index (κ2) is 7.93. The van der Waals surface area contributed by atoms with Crippen LogP contribution in [0.3, 0.4) is 0 Å². The number of aromatic nitrogens is 2. The molecule has 0 aliphatic heterocycles. The number of nitrogens with zero attached hydrogens (tertiary/aromatic N) is 1. The third-order valence-corrected chi connectivity index (χ3v) is 6.01. The van der Waals surface area contributed by atoms with E-state index in [4.69, 9.17) is 4.74 Å². The number of aromatic amines is 1. The molecule has 0 unspecified atom stereocenters. The van der Waals surface area contributed by atoms with Crippen LogP contribution in [-0.4, -0.2) is 30.1 Å². The van der Waals surface area contributed by atoms with Crippen molar-refractivity contribution in [3.05, 3.63) is 70.3 Å². The zero-order chi connectivity index (χ0) is 20.3. The number of esters is 1. The smallest absolute Gasteiger partial charge is 0.307 e. The van der Waals surface area contributed by atoms with Gasteiger partial charge in [-0.2, -0.15) is 0 Å². The zero-order valence-electron chi connectivity index (χ0n) is 15.5. The van der Waals surface area contributed by atoms with Crippen molar-refractivity contribution in [1.29, 1.82) is 0 Å². The van der Waals surface area contributed by atoms with Gasteiger partial charge in [0, 0.05) is 0 Å². The highest BCUT2D eigenvalue weighted by Gasteiger charge is 2.20. The number of carbonyl (C=O) groups excluding carboxylic acids is 1. The standard InChI is InChI=1S/C20H20N2O5S/c1-13-7-9-15(10-8-13)28(25,26)12-11-18(23)27-14(2)19-21-17-6-4-3-5-16(17)20(24)22-19/h3-10,14H,11-12H2,1-2H3,(H,21,22,24)/t14-/m1/s1. The molecule has 1 aromatic heterocycles. The highest BCUT2D eigenvalue weighted by atomic mass is 32.2. The molecule has 0 radical (unpaired) electrons. The zero-order valence-corrected chi connectivity index (χ0v) is 16.3. The number of rotatable bonds is 6. The molecule has 0 fully saturated rings. The lowest BCUT2D eigenvalue weighted by atomic mass is 10.2. The number of hydrogen-bond donors (Lipinski definition) is 1. The number of sulfone groups is 1. The molecule has 1 heterocycles. The molecule has 3 aromatic rings. The van der Waals surface area contributed by atoms with E-state index < -0.39 is 21.9 Å². The van der Waals surface area contributed by atoms with Gasteiger partial charge in [-0.3, -0.25) is 9.59 Å². The molecule has 8 heteroatoms. The fourth-order valence-electron chi connectivity index (χ4n) is 2.69. The molecule has 146 valence electrons. The van der Waals surface area contributed by atoms with Crippen molar-refractivity contribution in [1.82, 2.24) is 9.97 Å². The van der Waals surface area contributed by atoms with Crippen LogP contribution in [0.25, 0.3) is 10.9 Å². The number of fused-ring (bicyclic) bond motifs is 1. The average Bonchev–Trinajstić information content (AvgIpc) is 2.67. The van der Waals surface area contributed by atoms with Gasteiger partial charge in [0.15, 0.2) is 21.8 Å². The Hall–Kier alpha value is -3.00. The molecule has 7 nitrogen and oxygen atoms in total. The van der Waals surface area contributed by atoms with Crippen molar-refractivity contribution >= 4 is 26.7 Å². The minimum Gasteiger partial charge on any atom is -0.454 e. The van der Waals surface area contributed by atoms with E-state index in [-0.39, 0.29) is 28.5 Å². The number of hydrogen-bond acceptors (Lipinski definition) is 6. The molecule has 3 rings (SSSR count). The second-order valence-electron chi connectivity index (χ2n) is 6.48. The average molecular weight is 400 g/mol. The summed E-state index contributed by atoms with van der Waals surface area (Å²) in [5, 5.41) is 0.439. The SMILES string of the molecule is Cc1ccc(S(=O)(=O)CCC(=O)O[C@H](C)c2nc3ccccc3c(=O)[nH]2)cc1. The van der Waals surface area contributed by atoms with Gasteiger partial charge in [0.05, 0.1) is 28.0 Å². The molecule has 1 atom stereocenters. The molecule has 0 amide bonds. The summed E-state index contributed by atoms with van der Waals surface area (Å²) in [5.74, 6) is -0.832. The van der Waals surface area contributed by atoms with E-state index in [1.807, 2.05) is 6.92 Å². The van der Waals surface area contributed by atoms with Gasteiger partial charge >= 0.3 is 5.97 Å². The maximum Gasteiger partial charge on any atom is 0.307 e. The maximum atomic E-state index is 12.3. The highest BCUT2D eigenvalue weighted by molar-refractivity contribution is 7.91. The summed E-state index contributed by atoms with van der Waals surface area (Å²) >= 11 is 0. The van der Waals surface area contributed by atoms with E-state index in [0.29, 0.717) is 10.9 Å². The minimum absolute atomic E-state index is 0.166. The van der Waals surface area contributed by atoms with Crippen LogP contribution in [0.4, 0.5) is 0 Å². The number of carbonyl (C=O) groups is 1. The molecule has 0 aliphatic carbocycles. The van der Waals surface area contributed by atoms with Gasteiger partial charge in [-0.05, 0) is 38.1 Å². The second-order valence-corrected chi connectivity index (χ2v) is 8.59. The number of H-pyrrole nitrogens is 1. The van der Waals surface area contributed by atoms with Gasteiger partial charge in [0.1, 0.15) is 0 Å². The predicted molar refractivity (Wildman–Crippen MR) is 105 cm³/mol. The Bertz CT molecular complexity index is 1170. The summed E-state index contributed by atoms with van der Waals surface area (Å²) in [5.41, 5.74) is 1.11. The van der Waals surface area contributed by atoms with Crippen molar-refractivity contribution in [2.24, 2.45) is 0 Å². The van der Waals surface area contributed by atoms with Gasteiger partial charge in [-0.15, -0.1) is 0 Å². The van der Waals surface area contributed by atoms with E-state index in [9.17, 15) is 18.0 Å². The van der Waals surface area contributed by atoms with Gasteiger partial charge < -0.3 is 9.72 Å². The normalized spacial score (nSPS) is 12.6. The van der Waals surface area contributed by atoms with Crippen molar-refractivity contribution in [3.8, 4) is 0 Å². The highest BCUT2D eigenvalue weighted by Crippen LogP contribution is 2.17. The molecule has 28 heavy (non-hydrogen) atoms. The van der Waals surface area contributed by atoms with E-state index >= 15 is 0 Å². The lowest BCUT2D eigenvalue weighted by molar-refractivity contribution is -0.148. The fraction of sp³-hybridized carbons (Fsp3) is 0.250. The number of para-hydroxylation sites is 1. The molecule has 0 spiro atoms. The third kappa shape index (κ3) is 4.45. The van der Waals surface area contributed by atoms with Gasteiger partial charge in [0.25, 0.3) is 5.56 Å². The Morgan fingerprint density at radius 1 is 1.14 bits per heavy atom. The summed E-state index contributed by atoms with van der Waals surface area (Å²) in [6.45, 7) is 3.43. The van der Waals surface area contributed by atoms with E-state index in [2.05, 4.69) is 9.97 Å². The first kappa shape index (κ1) is 19.8. The van der Waals surface area contributed by atoms with Crippen molar-refractivity contribution in [2.45, 2.75) is 31.3 Å². The molecule has 0 saturated heterocycles. The van der Waals surface area contributed by atoms with Crippen LogP contribution in [0.5, 0.6) is 0 Å². The fourth-order valence-corrected chi connectivity index (χ4v) is 3.91. The first-order valence-corrected chi connectivity index (χ1v) is 10.4. The molecule has 0 aliphatic rings. The van der Waals surface area contributed by atoms with Crippen LogP contribution in [-0.2, 0) is 19.4 Å². The molecule has 0 saturated carbocycles. The minimum atomic E-state index is -3.58. The van der Waals surface area contributed by atoms with Crippen molar-refractivity contribution < 1.29 is 17.9 Å². The first-order valence-electron chi connectivity index (χ1n) is 8.74. The summed E-state index contributed by atoms with van der Waals surface area (Å²) < 4.78 is 29.9. The van der Waals surface area contributed by atoms with Crippen LogP contribution in [0.1, 0.15) is 30.8 Å². The molecule has 1 N–H and O–H groups in total. The summed E-state index contributed by atoms with van der Waals surface area (Å²) in [4.78, 5) is 31.3. The molecule has 2 aromatic carbocycles. The number of benzene rings is 2. The lowest BCUT2D eigenvalue weighted by Gasteiger charge is -2.13. The number of nitrogens with one attached hydrogen (secondary N) is 1. The molecular weight excluding hydrogens is 380 g/mol.